The molecule has 0 aliphatic heterocycles. The Labute approximate surface area is 193 Å². The van der Waals surface area contributed by atoms with E-state index >= 15 is 0 Å². The van der Waals surface area contributed by atoms with E-state index in [9.17, 15) is 8.78 Å². The zero-order chi connectivity index (χ0) is 22.8. The van der Waals surface area contributed by atoms with Crippen LogP contribution in [0.1, 0.15) is 82.3 Å². The second-order valence-corrected chi connectivity index (χ2v) is 9.61. The molecule has 3 rings (SSSR count). The number of aryl methyl sites for hydroxylation is 2. The van der Waals surface area contributed by atoms with Crippen LogP contribution in [0.5, 0.6) is 0 Å². The molecule has 3 heteroatoms. The van der Waals surface area contributed by atoms with Gasteiger partial charge >= 0.3 is 0 Å². The van der Waals surface area contributed by atoms with Crippen molar-refractivity contribution in [3.63, 3.8) is 0 Å². The van der Waals surface area contributed by atoms with Gasteiger partial charge in [-0.15, -0.1) is 0 Å². The maximum atomic E-state index is 14.8. The van der Waals surface area contributed by atoms with E-state index in [0.29, 0.717) is 23.5 Å². The standard InChI is InChI=1S/C29H40F2O/c1-3-7-22-13-16-25(17-14-22)27-20-19-26(28(30)29(27)31)18-15-24-11-9-23(10-12-24)8-5-4-6-21-32-2/h13-14,16-17,19-20,23-24H,3-12,15,18,21H2,1-2H3. The Hall–Kier alpha value is -1.74. The molecule has 0 heterocycles. The number of hydrogen-bond acceptors (Lipinski definition) is 1. The summed E-state index contributed by atoms with van der Waals surface area (Å²) in [7, 11) is 1.77. The Morgan fingerprint density at radius 2 is 1.47 bits per heavy atom. The molecule has 2 aromatic rings. The molecule has 0 amide bonds. The maximum Gasteiger partial charge on any atom is 0.166 e. The summed E-state index contributed by atoms with van der Waals surface area (Å²) in [6.45, 7) is 3.01. The van der Waals surface area contributed by atoms with Gasteiger partial charge in [0.05, 0.1) is 0 Å². The zero-order valence-corrected chi connectivity index (χ0v) is 20.0. The van der Waals surface area contributed by atoms with Crippen molar-refractivity contribution in [1.29, 1.82) is 0 Å². The lowest BCUT2D eigenvalue weighted by Crippen LogP contribution is -2.15. The Bertz CT molecular complexity index is 807. The first-order chi connectivity index (χ1) is 15.6. The molecule has 0 radical (unpaired) electrons. The number of halogens is 2. The van der Waals surface area contributed by atoms with Crippen LogP contribution in [-0.2, 0) is 17.6 Å². The summed E-state index contributed by atoms with van der Waals surface area (Å²) in [5.74, 6) is 0.131. The molecular weight excluding hydrogens is 402 g/mol. The van der Waals surface area contributed by atoms with Crippen molar-refractivity contribution >= 4 is 0 Å². The van der Waals surface area contributed by atoms with E-state index in [1.807, 2.05) is 24.3 Å². The minimum atomic E-state index is -0.706. The van der Waals surface area contributed by atoms with Gasteiger partial charge in [-0.2, -0.15) is 0 Å². The summed E-state index contributed by atoms with van der Waals surface area (Å²) in [4.78, 5) is 0. The molecule has 0 unspecified atom stereocenters. The monoisotopic (exact) mass is 442 g/mol. The van der Waals surface area contributed by atoms with Crippen LogP contribution < -0.4 is 0 Å². The highest BCUT2D eigenvalue weighted by molar-refractivity contribution is 5.65. The molecule has 176 valence electrons. The topological polar surface area (TPSA) is 9.23 Å². The minimum Gasteiger partial charge on any atom is -0.385 e. The van der Waals surface area contributed by atoms with Crippen LogP contribution in [0.3, 0.4) is 0 Å². The Balaban J connectivity index is 1.47. The van der Waals surface area contributed by atoms with E-state index < -0.39 is 11.6 Å². The van der Waals surface area contributed by atoms with Gasteiger partial charge in [0.15, 0.2) is 11.6 Å². The summed E-state index contributed by atoms with van der Waals surface area (Å²) < 4.78 is 34.8. The van der Waals surface area contributed by atoms with Gasteiger partial charge in [0, 0.05) is 19.3 Å². The van der Waals surface area contributed by atoms with Gasteiger partial charge in [-0.25, -0.2) is 8.78 Å². The number of ether oxygens (including phenoxy) is 1. The molecule has 1 aliphatic rings. The highest BCUT2D eigenvalue weighted by atomic mass is 19.2. The summed E-state index contributed by atoms with van der Waals surface area (Å²) in [5, 5.41) is 0. The van der Waals surface area contributed by atoms with Crippen LogP contribution in [-0.4, -0.2) is 13.7 Å². The Kier molecular flexibility index (Phi) is 10.2. The smallest absolute Gasteiger partial charge is 0.166 e. The van der Waals surface area contributed by atoms with Crippen LogP contribution in [0.15, 0.2) is 36.4 Å². The van der Waals surface area contributed by atoms with Crippen molar-refractivity contribution < 1.29 is 13.5 Å². The van der Waals surface area contributed by atoms with E-state index in [1.165, 1.54) is 50.5 Å². The molecule has 0 spiro atoms. The van der Waals surface area contributed by atoms with E-state index in [1.54, 1.807) is 19.2 Å². The third-order valence-corrected chi connectivity index (χ3v) is 7.21. The first kappa shape index (κ1) is 24.9. The molecule has 1 fully saturated rings. The Morgan fingerprint density at radius 3 is 2.12 bits per heavy atom. The van der Waals surface area contributed by atoms with Gasteiger partial charge in [-0.3, -0.25) is 0 Å². The zero-order valence-electron chi connectivity index (χ0n) is 20.0. The molecular formula is C29H40F2O. The van der Waals surface area contributed by atoms with E-state index in [2.05, 4.69) is 6.92 Å². The van der Waals surface area contributed by atoms with Crippen molar-refractivity contribution in [2.75, 3.05) is 13.7 Å². The third-order valence-electron chi connectivity index (χ3n) is 7.21. The van der Waals surface area contributed by atoms with Gasteiger partial charge in [0.1, 0.15) is 0 Å². The lowest BCUT2D eigenvalue weighted by Gasteiger charge is -2.28. The number of unbranched alkanes of at least 4 members (excludes halogenated alkanes) is 2. The van der Waals surface area contributed by atoms with E-state index in [4.69, 9.17) is 4.74 Å². The van der Waals surface area contributed by atoms with Gasteiger partial charge in [-0.05, 0) is 54.2 Å². The second-order valence-electron chi connectivity index (χ2n) is 9.61. The molecule has 2 aromatic carbocycles. The second kappa shape index (κ2) is 13.1. The summed E-state index contributed by atoms with van der Waals surface area (Å²) in [5.41, 5.74) is 2.86. The number of benzene rings is 2. The summed E-state index contributed by atoms with van der Waals surface area (Å²) in [6.07, 6.45) is 13.8. The van der Waals surface area contributed by atoms with Crippen LogP contribution in [0, 0.1) is 23.5 Å². The summed E-state index contributed by atoms with van der Waals surface area (Å²) >= 11 is 0. The molecule has 1 aliphatic carbocycles. The minimum absolute atomic E-state index is 0.361. The maximum absolute atomic E-state index is 14.8. The van der Waals surface area contributed by atoms with Crippen LogP contribution >= 0.6 is 0 Å². The molecule has 0 bridgehead atoms. The van der Waals surface area contributed by atoms with Gasteiger partial charge in [0.2, 0.25) is 0 Å². The molecule has 1 nitrogen and oxygen atoms in total. The molecule has 0 N–H and O–H groups in total. The number of hydrogen-bond donors (Lipinski definition) is 0. The summed E-state index contributed by atoms with van der Waals surface area (Å²) in [6, 6.07) is 11.4. The fraction of sp³-hybridized carbons (Fsp3) is 0.586. The molecule has 1 saturated carbocycles. The van der Waals surface area contributed by atoms with Crippen molar-refractivity contribution in [3.8, 4) is 11.1 Å². The fourth-order valence-electron chi connectivity index (χ4n) is 5.17. The van der Waals surface area contributed by atoms with Crippen LogP contribution in [0.4, 0.5) is 8.78 Å². The van der Waals surface area contributed by atoms with Gasteiger partial charge in [0.25, 0.3) is 0 Å². The first-order valence-electron chi connectivity index (χ1n) is 12.7. The molecule has 0 aromatic heterocycles. The fourth-order valence-corrected chi connectivity index (χ4v) is 5.17. The van der Waals surface area contributed by atoms with Crippen molar-refractivity contribution in [1.82, 2.24) is 0 Å². The predicted octanol–water partition coefficient (Wildman–Crippen LogP) is 8.53. The van der Waals surface area contributed by atoms with Crippen molar-refractivity contribution in [2.24, 2.45) is 11.8 Å². The highest BCUT2D eigenvalue weighted by Crippen LogP contribution is 2.35. The van der Waals surface area contributed by atoms with E-state index in [0.717, 1.165) is 43.8 Å². The lowest BCUT2D eigenvalue weighted by atomic mass is 9.77. The van der Waals surface area contributed by atoms with Gasteiger partial charge < -0.3 is 4.74 Å². The average molecular weight is 443 g/mol. The number of methoxy groups -OCH3 is 1. The van der Waals surface area contributed by atoms with Crippen LogP contribution in [0.25, 0.3) is 11.1 Å². The largest absolute Gasteiger partial charge is 0.385 e. The SMILES string of the molecule is CCCc1ccc(-c2ccc(CCC3CCC(CCCCCOC)CC3)c(F)c2F)cc1. The Morgan fingerprint density at radius 1 is 0.781 bits per heavy atom. The van der Waals surface area contributed by atoms with Gasteiger partial charge in [-0.1, -0.05) is 94.7 Å². The normalized spacial score (nSPS) is 18.8. The van der Waals surface area contributed by atoms with Crippen LogP contribution in [0.2, 0.25) is 0 Å². The highest BCUT2D eigenvalue weighted by Gasteiger charge is 2.22. The lowest BCUT2D eigenvalue weighted by molar-refractivity contribution is 0.189. The predicted molar refractivity (Wildman–Crippen MR) is 130 cm³/mol. The van der Waals surface area contributed by atoms with E-state index in [-0.39, 0.29) is 0 Å². The molecule has 0 atom stereocenters. The average Bonchev–Trinajstić information content (AvgIpc) is 2.82. The quantitative estimate of drug-likeness (QED) is 0.299. The number of rotatable bonds is 12. The van der Waals surface area contributed by atoms with Crippen molar-refractivity contribution in [2.45, 2.75) is 84.0 Å². The molecule has 32 heavy (non-hydrogen) atoms. The van der Waals surface area contributed by atoms with Crippen molar-refractivity contribution in [3.05, 3.63) is 59.2 Å². The first-order valence-corrected chi connectivity index (χ1v) is 12.7. The third kappa shape index (κ3) is 7.13. The molecule has 0 saturated heterocycles.